The van der Waals surface area contributed by atoms with Gasteiger partial charge < -0.3 is 24.6 Å². The normalized spacial score (nSPS) is 14.6. The molecule has 0 spiro atoms. The van der Waals surface area contributed by atoms with Crippen molar-refractivity contribution >= 4 is 19.8 Å². The third kappa shape index (κ3) is 24.0. The van der Waals surface area contributed by atoms with Crippen molar-refractivity contribution in [3.8, 4) is 0 Å². The Morgan fingerprint density at radius 2 is 1.13 bits per heavy atom. The second-order valence-corrected chi connectivity index (χ2v) is 11.2. The summed E-state index contributed by atoms with van der Waals surface area (Å²) in [6.07, 6.45) is 14.4. The van der Waals surface area contributed by atoms with E-state index in [9.17, 15) is 24.2 Å². The van der Waals surface area contributed by atoms with Crippen LogP contribution in [0.5, 0.6) is 0 Å². The molecule has 0 fully saturated rings. The fourth-order valence-corrected chi connectivity index (χ4v) is 4.49. The molecule has 1 unspecified atom stereocenters. The highest BCUT2D eigenvalue weighted by Gasteiger charge is 2.27. The minimum absolute atomic E-state index is 0.189. The predicted molar refractivity (Wildman–Crippen MR) is 145 cm³/mol. The van der Waals surface area contributed by atoms with Crippen LogP contribution >= 0.6 is 7.82 Å². The Kier molecular flexibility index (Phi) is 24.3. The molecular formula is C27H53O10P. The zero-order chi connectivity index (χ0) is 28.5. The summed E-state index contributed by atoms with van der Waals surface area (Å²) in [5.41, 5.74) is 0. The molecule has 38 heavy (non-hydrogen) atoms. The second-order valence-electron chi connectivity index (χ2n) is 9.79. The van der Waals surface area contributed by atoms with Gasteiger partial charge in [-0.3, -0.25) is 18.6 Å². The fraction of sp³-hybridized carbons (Fsp3) is 0.926. The summed E-state index contributed by atoms with van der Waals surface area (Å²) in [5.74, 6) is -0.945. The molecule has 0 saturated heterocycles. The Morgan fingerprint density at radius 1 is 0.684 bits per heavy atom. The van der Waals surface area contributed by atoms with Crippen LogP contribution in [0.4, 0.5) is 0 Å². The first-order valence-electron chi connectivity index (χ1n) is 14.5. The van der Waals surface area contributed by atoms with Crippen molar-refractivity contribution in [1.82, 2.24) is 0 Å². The largest absolute Gasteiger partial charge is 0.472 e. The van der Waals surface area contributed by atoms with E-state index in [2.05, 4.69) is 18.4 Å². The van der Waals surface area contributed by atoms with Crippen LogP contribution in [0.25, 0.3) is 0 Å². The van der Waals surface area contributed by atoms with Crippen molar-refractivity contribution in [2.75, 3.05) is 26.4 Å². The van der Waals surface area contributed by atoms with E-state index in [-0.39, 0.29) is 19.4 Å². The number of esters is 2. The molecule has 0 aliphatic heterocycles. The Hall–Kier alpha value is -1.03. The highest BCUT2D eigenvalue weighted by molar-refractivity contribution is 7.47. The zero-order valence-electron chi connectivity index (χ0n) is 23.7. The number of aliphatic hydroxyl groups is 2. The van der Waals surface area contributed by atoms with Crippen molar-refractivity contribution in [2.24, 2.45) is 0 Å². The van der Waals surface area contributed by atoms with Crippen LogP contribution in [0.3, 0.4) is 0 Å². The summed E-state index contributed by atoms with van der Waals surface area (Å²) in [7, 11) is -4.58. The summed E-state index contributed by atoms with van der Waals surface area (Å²) in [6, 6.07) is 0. The Morgan fingerprint density at radius 3 is 1.66 bits per heavy atom. The fourth-order valence-electron chi connectivity index (χ4n) is 3.70. The molecule has 0 aromatic rings. The maximum atomic E-state index is 12.3. The molecule has 0 aliphatic rings. The maximum absolute atomic E-state index is 12.3. The van der Waals surface area contributed by atoms with E-state index in [0.717, 1.165) is 38.5 Å². The van der Waals surface area contributed by atoms with E-state index in [1.54, 1.807) is 0 Å². The summed E-state index contributed by atoms with van der Waals surface area (Å²) in [6.45, 7) is 2.19. The quantitative estimate of drug-likeness (QED) is 0.0649. The lowest BCUT2D eigenvalue weighted by atomic mass is 10.1. The van der Waals surface area contributed by atoms with Crippen molar-refractivity contribution < 1.29 is 47.8 Å². The molecule has 0 heterocycles. The van der Waals surface area contributed by atoms with Gasteiger partial charge in [-0.25, -0.2) is 4.57 Å². The molecule has 0 aromatic heterocycles. The predicted octanol–water partition coefficient (Wildman–Crippen LogP) is 5.60. The lowest BCUT2D eigenvalue weighted by Gasteiger charge is -2.20. The molecular weight excluding hydrogens is 515 g/mol. The van der Waals surface area contributed by atoms with Crippen LogP contribution in [0.2, 0.25) is 0 Å². The van der Waals surface area contributed by atoms with E-state index in [1.165, 1.54) is 44.9 Å². The summed E-state index contributed by atoms with van der Waals surface area (Å²) < 4.78 is 32.1. The molecule has 0 aliphatic carbocycles. The third-order valence-electron chi connectivity index (χ3n) is 6.01. The highest BCUT2D eigenvalue weighted by atomic mass is 31.2. The topological polar surface area (TPSA) is 149 Å². The maximum Gasteiger partial charge on any atom is 0.472 e. The van der Waals surface area contributed by atoms with E-state index in [0.29, 0.717) is 12.8 Å². The molecule has 0 aromatic carbocycles. The van der Waals surface area contributed by atoms with E-state index in [4.69, 9.17) is 19.1 Å². The van der Waals surface area contributed by atoms with Gasteiger partial charge in [-0.05, 0) is 12.8 Å². The molecule has 3 atom stereocenters. The Balaban J connectivity index is 4.42. The molecule has 0 bridgehead atoms. The number of hydrogen-bond donors (Lipinski definition) is 3. The van der Waals surface area contributed by atoms with Gasteiger partial charge in [-0.2, -0.15) is 0 Å². The number of ether oxygens (including phenoxy) is 2. The minimum atomic E-state index is -4.58. The van der Waals surface area contributed by atoms with Gasteiger partial charge in [0.05, 0.1) is 19.8 Å². The zero-order valence-corrected chi connectivity index (χ0v) is 24.5. The molecule has 0 radical (unpaired) electrons. The van der Waals surface area contributed by atoms with E-state index >= 15 is 0 Å². The first kappa shape index (κ1) is 37.0. The number of carbonyl (C=O) groups excluding carboxylic acids is 2. The van der Waals surface area contributed by atoms with Gasteiger partial charge in [0.15, 0.2) is 6.10 Å². The SMILES string of the molecule is CCCCCCCCCCCCCC(=O)O[C@H](COC(=O)CCCCCC)COP(=O)(O)OC[C@@H](O)CO. The molecule has 226 valence electrons. The van der Waals surface area contributed by atoms with Crippen LogP contribution in [-0.2, 0) is 32.7 Å². The van der Waals surface area contributed by atoms with Gasteiger partial charge >= 0.3 is 19.8 Å². The molecule has 3 N–H and O–H groups in total. The van der Waals surface area contributed by atoms with Gasteiger partial charge in [0.2, 0.25) is 0 Å². The molecule has 0 saturated carbocycles. The number of hydrogen-bond acceptors (Lipinski definition) is 9. The van der Waals surface area contributed by atoms with Crippen molar-refractivity contribution in [1.29, 1.82) is 0 Å². The van der Waals surface area contributed by atoms with Gasteiger partial charge in [-0.15, -0.1) is 0 Å². The number of aliphatic hydroxyl groups excluding tert-OH is 2. The minimum Gasteiger partial charge on any atom is -0.462 e. The standard InChI is InChI=1S/C27H53O10P/c1-3-5-7-9-10-11-12-13-14-15-17-19-27(31)37-25(22-34-26(30)18-16-8-6-4-2)23-36-38(32,33)35-21-24(29)20-28/h24-25,28-29H,3-23H2,1-2H3,(H,32,33)/t24-,25+/m0/s1. The molecule has 0 rings (SSSR count). The first-order valence-corrected chi connectivity index (χ1v) is 16.0. The summed E-state index contributed by atoms with van der Waals surface area (Å²) >= 11 is 0. The van der Waals surface area contributed by atoms with Gasteiger partial charge in [0.25, 0.3) is 0 Å². The van der Waals surface area contributed by atoms with Crippen LogP contribution in [0.15, 0.2) is 0 Å². The second kappa shape index (κ2) is 25.0. The van der Waals surface area contributed by atoms with Crippen LogP contribution in [-0.4, -0.2) is 65.7 Å². The van der Waals surface area contributed by atoms with Gasteiger partial charge in [0, 0.05) is 12.8 Å². The number of rotatable bonds is 27. The van der Waals surface area contributed by atoms with E-state index in [1.807, 2.05) is 0 Å². The number of phosphoric ester groups is 1. The number of unbranched alkanes of at least 4 members (excludes halogenated alkanes) is 13. The summed E-state index contributed by atoms with van der Waals surface area (Å²) in [5, 5.41) is 18.1. The van der Waals surface area contributed by atoms with Crippen LogP contribution < -0.4 is 0 Å². The summed E-state index contributed by atoms with van der Waals surface area (Å²) in [4.78, 5) is 34.1. The van der Waals surface area contributed by atoms with Crippen molar-refractivity contribution in [3.63, 3.8) is 0 Å². The Bertz CT molecular complexity index is 631. The average molecular weight is 569 g/mol. The Labute approximate surface area is 229 Å². The number of carbonyl (C=O) groups is 2. The lowest BCUT2D eigenvalue weighted by Crippen LogP contribution is -2.29. The van der Waals surface area contributed by atoms with E-state index < -0.39 is 51.8 Å². The third-order valence-corrected chi connectivity index (χ3v) is 6.96. The van der Waals surface area contributed by atoms with Gasteiger partial charge in [-0.1, -0.05) is 97.3 Å². The molecule has 11 heteroatoms. The molecule has 10 nitrogen and oxygen atoms in total. The van der Waals surface area contributed by atoms with Crippen LogP contribution in [0.1, 0.15) is 123 Å². The number of phosphoric acid groups is 1. The average Bonchev–Trinajstić information content (AvgIpc) is 2.90. The van der Waals surface area contributed by atoms with Crippen molar-refractivity contribution in [3.05, 3.63) is 0 Å². The molecule has 0 amide bonds. The van der Waals surface area contributed by atoms with Crippen molar-refractivity contribution in [2.45, 2.75) is 135 Å². The van der Waals surface area contributed by atoms with Gasteiger partial charge in [0.1, 0.15) is 12.7 Å². The monoisotopic (exact) mass is 568 g/mol. The highest BCUT2D eigenvalue weighted by Crippen LogP contribution is 2.43. The smallest absolute Gasteiger partial charge is 0.462 e. The van der Waals surface area contributed by atoms with Crippen LogP contribution in [0, 0.1) is 0 Å². The first-order chi connectivity index (χ1) is 18.2. The lowest BCUT2D eigenvalue weighted by molar-refractivity contribution is -0.161.